The van der Waals surface area contributed by atoms with Crippen LogP contribution in [-0.2, 0) is 13.0 Å². The van der Waals surface area contributed by atoms with Gasteiger partial charge in [0.25, 0.3) is 5.56 Å². The summed E-state index contributed by atoms with van der Waals surface area (Å²) in [6.45, 7) is 2.17. The third kappa shape index (κ3) is 2.93. The summed E-state index contributed by atoms with van der Waals surface area (Å²) in [5, 5.41) is 0.142. The van der Waals surface area contributed by atoms with Gasteiger partial charge in [-0.15, -0.1) is 0 Å². The first kappa shape index (κ1) is 13.5. The maximum atomic E-state index is 12.2. The summed E-state index contributed by atoms with van der Waals surface area (Å²) in [6, 6.07) is 3.53. The quantitative estimate of drug-likeness (QED) is 0.864. The smallest absolute Gasteiger partial charge is 0.297 e. The van der Waals surface area contributed by atoms with Gasteiger partial charge in [0.1, 0.15) is 5.15 Å². The molecule has 0 aliphatic rings. The van der Waals surface area contributed by atoms with Gasteiger partial charge in [0.2, 0.25) is 0 Å². The molecule has 0 fully saturated rings. The van der Waals surface area contributed by atoms with Crippen LogP contribution in [0.3, 0.4) is 0 Å². The molecule has 19 heavy (non-hydrogen) atoms. The predicted octanol–water partition coefficient (Wildman–Crippen LogP) is 1.59. The topological polar surface area (TPSA) is 67.8 Å². The van der Waals surface area contributed by atoms with Gasteiger partial charge in [-0.2, -0.15) is 0 Å². The standard InChI is InChI=1S/C13H14ClN3O2/c1-2-3-10-11(14)16-13(19)17(12(10)18)8-9-4-6-15-7-5-9/h4-7H,2-3,8H2,1H3,(H,16,19). The average molecular weight is 280 g/mol. The molecule has 0 radical (unpaired) electrons. The van der Waals surface area contributed by atoms with Gasteiger partial charge in [-0.1, -0.05) is 24.9 Å². The minimum Gasteiger partial charge on any atom is -0.297 e. The van der Waals surface area contributed by atoms with Crippen molar-refractivity contribution in [2.24, 2.45) is 0 Å². The van der Waals surface area contributed by atoms with Crippen molar-refractivity contribution >= 4 is 11.6 Å². The lowest BCUT2D eigenvalue weighted by Crippen LogP contribution is -2.37. The fourth-order valence-corrected chi connectivity index (χ4v) is 2.12. The minimum atomic E-state index is -0.494. The van der Waals surface area contributed by atoms with Crippen molar-refractivity contribution in [2.75, 3.05) is 0 Å². The van der Waals surface area contributed by atoms with Gasteiger partial charge in [-0.3, -0.25) is 19.3 Å². The minimum absolute atomic E-state index is 0.142. The second-order valence-corrected chi connectivity index (χ2v) is 4.60. The molecule has 2 heterocycles. The van der Waals surface area contributed by atoms with Crippen molar-refractivity contribution in [3.05, 3.63) is 61.6 Å². The van der Waals surface area contributed by atoms with Crippen molar-refractivity contribution in [1.29, 1.82) is 0 Å². The summed E-state index contributed by atoms with van der Waals surface area (Å²) in [7, 11) is 0. The van der Waals surface area contributed by atoms with E-state index in [0.29, 0.717) is 12.0 Å². The first-order valence-corrected chi connectivity index (χ1v) is 6.41. The van der Waals surface area contributed by atoms with Crippen molar-refractivity contribution in [3.8, 4) is 0 Å². The van der Waals surface area contributed by atoms with Crippen LogP contribution in [0.5, 0.6) is 0 Å². The largest absolute Gasteiger partial charge is 0.329 e. The molecule has 0 atom stereocenters. The Kier molecular flexibility index (Phi) is 4.16. The molecular formula is C13H14ClN3O2. The lowest BCUT2D eigenvalue weighted by molar-refractivity contribution is 0.680. The number of hydrogen-bond donors (Lipinski definition) is 1. The van der Waals surface area contributed by atoms with Crippen molar-refractivity contribution in [3.63, 3.8) is 0 Å². The Hall–Kier alpha value is -1.88. The Morgan fingerprint density at radius 1 is 1.32 bits per heavy atom. The fraction of sp³-hybridized carbons (Fsp3) is 0.308. The number of pyridine rings is 1. The number of hydrogen-bond acceptors (Lipinski definition) is 3. The number of rotatable bonds is 4. The highest BCUT2D eigenvalue weighted by atomic mass is 35.5. The van der Waals surface area contributed by atoms with Crippen LogP contribution in [0.15, 0.2) is 34.1 Å². The van der Waals surface area contributed by atoms with Crippen LogP contribution < -0.4 is 11.2 Å². The molecule has 0 spiro atoms. The number of nitrogens with one attached hydrogen (secondary N) is 1. The highest BCUT2D eigenvalue weighted by Crippen LogP contribution is 2.08. The molecule has 0 aliphatic heterocycles. The second-order valence-electron chi connectivity index (χ2n) is 4.22. The molecule has 0 saturated heterocycles. The van der Waals surface area contributed by atoms with Crippen LogP contribution in [0.25, 0.3) is 0 Å². The van der Waals surface area contributed by atoms with Crippen molar-refractivity contribution < 1.29 is 0 Å². The normalized spacial score (nSPS) is 10.6. The average Bonchev–Trinajstić information content (AvgIpc) is 2.41. The zero-order valence-corrected chi connectivity index (χ0v) is 11.3. The molecule has 2 aromatic heterocycles. The Balaban J connectivity index is 2.49. The molecule has 0 bridgehead atoms. The Bertz CT molecular complexity index is 677. The Labute approximate surface area is 114 Å². The second kappa shape index (κ2) is 5.84. The van der Waals surface area contributed by atoms with E-state index in [2.05, 4.69) is 9.97 Å². The van der Waals surface area contributed by atoms with Crippen LogP contribution in [-0.4, -0.2) is 14.5 Å². The first-order valence-electron chi connectivity index (χ1n) is 6.04. The number of aromatic amines is 1. The predicted molar refractivity (Wildman–Crippen MR) is 73.7 cm³/mol. The SMILES string of the molecule is CCCc1c(Cl)[nH]c(=O)n(Cc2ccncc2)c1=O. The molecule has 2 aromatic rings. The van der Waals surface area contributed by atoms with Gasteiger partial charge >= 0.3 is 5.69 Å². The van der Waals surface area contributed by atoms with Crippen LogP contribution in [0, 0.1) is 0 Å². The molecular weight excluding hydrogens is 266 g/mol. The number of H-pyrrole nitrogens is 1. The summed E-state index contributed by atoms with van der Waals surface area (Å²) < 4.78 is 1.16. The van der Waals surface area contributed by atoms with Crippen LogP contribution in [0.2, 0.25) is 5.15 Å². The van der Waals surface area contributed by atoms with Crippen LogP contribution in [0.4, 0.5) is 0 Å². The van der Waals surface area contributed by atoms with Gasteiger partial charge in [0.05, 0.1) is 12.1 Å². The van der Waals surface area contributed by atoms with E-state index in [1.807, 2.05) is 6.92 Å². The summed E-state index contributed by atoms with van der Waals surface area (Å²) in [4.78, 5) is 30.5. The van der Waals surface area contributed by atoms with E-state index < -0.39 is 5.69 Å². The fourth-order valence-electron chi connectivity index (χ4n) is 1.87. The lowest BCUT2D eigenvalue weighted by atomic mass is 10.2. The molecule has 0 aromatic carbocycles. The number of nitrogens with zero attached hydrogens (tertiary/aromatic N) is 2. The van der Waals surface area contributed by atoms with Gasteiger partial charge in [0.15, 0.2) is 0 Å². The van der Waals surface area contributed by atoms with Gasteiger partial charge in [-0.25, -0.2) is 4.79 Å². The molecule has 0 amide bonds. The van der Waals surface area contributed by atoms with E-state index in [9.17, 15) is 9.59 Å². The van der Waals surface area contributed by atoms with Crippen molar-refractivity contribution in [2.45, 2.75) is 26.3 Å². The van der Waals surface area contributed by atoms with E-state index in [1.54, 1.807) is 24.5 Å². The van der Waals surface area contributed by atoms with E-state index in [0.717, 1.165) is 16.6 Å². The Morgan fingerprint density at radius 2 is 2.00 bits per heavy atom. The Morgan fingerprint density at radius 3 is 2.63 bits per heavy atom. The third-order valence-corrected chi connectivity index (χ3v) is 3.14. The maximum Gasteiger partial charge on any atom is 0.329 e. The highest BCUT2D eigenvalue weighted by Gasteiger charge is 2.12. The van der Waals surface area contributed by atoms with Gasteiger partial charge in [-0.05, 0) is 24.1 Å². The van der Waals surface area contributed by atoms with E-state index in [1.165, 1.54) is 0 Å². The molecule has 0 unspecified atom stereocenters. The van der Waals surface area contributed by atoms with E-state index >= 15 is 0 Å². The highest BCUT2D eigenvalue weighted by molar-refractivity contribution is 6.30. The molecule has 0 aliphatic carbocycles. The van der Waals surface area contributed by atoms with E-state index in [4.69, 9.17) is 11.6 Å². The van der Waals surface area contributed by atoms with Gasteiger partial charge in [0, 0.05) is 12.4 Å². The van der Waals surface area contributed by atoms with Crippen LogP contribution in [0.1, 0.15) is 24.5 Å². The molecule has 5 nitrogen and oxygen atoms in total. The zero-order valence-electron chi connectivity index (χ0n) is 10.5. The maximum absolute atomic E-state index is 12.2. The first-order chi connectivity index (χ1) is 9.13. The monoisotopic (exact) mass is 279 g/mol. The molecule has 100 valence electrons. The zero-order chi connectivity index (χ0) is 13.8. The number of halogens is 1. The summed E-state index contributed by atoms with van der Waals surface area (Å²) >= 11 is 5.91. The molecule has 0 saturated carbocycles. The molecule has 2 rings (SSSR count). The summed E-state index contributed by atoms with van der Waals surface area (Å²) in [5.74, 6) is 0. The van der Waals surface area contributed by atoms with Crippen molar-refractivity contribution in [1.82, 2.24) is 14.5 Å². The molecule has 1 N–H and O–H groups in total. The molecule has 6 heteroatoms. The number of aromatic nitrogens is 3. The van der Waals surface area contributed by atoms with E-state index in [-0.39, 0.29) is 17.3 Å². The summed E-state index contributed by atoms with van der Waals surface area (Å²) in [6.07, 6.45) is 4.58. The van der Waals surface area contributed by atoms with Crippen LogP contribution >= 0.6 is 11.6 Å². The lowest BCUT2D eigenvalue weighted by Gasteiger charge is -2.08. The summed E-state index contributed by atoms with van der Waals surface area (Å²) in [5.41, 5.74) is 0.476. The van der Waals surface area contributed by atoms with Gasteiger partial charge < -0.3 is 0 Å². The third-order valence-electron chi connectivity index (χ3n) is 2.82.